The molecular weight excluding hydrogens is 335 g/mol. The van der Waals surface area contributed by atoms with E-state index in [-0.39, 0.29) is 11.8 Å². The second-order valence-electron chi connectivity index (χ2n) is 5.85. The number of hydrogen-bond donors (Lipinski definition) is 3. The Hall–Kier alpha value is -2.57. The zero-order valence-corrected chi connectivity index (χ0v) is 15.4. The minimum atomic E-state index is -0.242. The number of ether oxygens (including phenoxy) is 1. The summed E-state index contributed by atoms with van der Waals surface area (Å²) in [4.78, 5) is 18.9. The number of carbonyl (C=O) groups excluding carboxylic acids is 1. The first kappa shape index (κ1) is 19.8. The van der Waals surface area contributed by atoms with Crippen LogP contribution < -0.4 is 10.6 Å². The van der Waals surface area contributed by atoms with Crippen LogP contribution in [0.4, 0.5) is 4.39 Å². The van der Waals surface area contributed by atoms with E-state index in [4.69, 9.17) is 4.74 Å². The van der Waals surface area contributed by atoms with Gasteiger partial charge in [0, 0.05) is 43.2 Å². The molecule has 1 heterocycles. The largest absolute Gasteiger partial charge is 0.466 e. The molecule has 2 aromatic rings. The van der Waals surface area contributed by atoms with Crippen molar-refractivity contribution in [3.05, 3.63) is 35.8 Å². The number of aliphatic imine (C=N–C) groups is 1. The zero-order chi connectivity index (χ0) is 18.8. The minimum Gasteiger partial charge on any atom is -0.466 e. The third-order valence-corrected chi connectivity index (χ3v) is 3.87. The van der Waals surface area contributed by atoms with Crippen molar-refractivity contribution in [2.75, 3.05) is 26.2 Å². The maximum Gasteiger partial charge on any atom is 0.305 e. The molecule has 0 aliphatic rings. The summed E-state index contributed by atoms with van der Waals surface area (Å²) in [6.07, 6.45) is 3.74. The van der Waals surface area contributed by atoms with E-state index in [9.17, 15) is 9.18 Å². The number of benzene rings is 1. The van der Waals surface area contributed by atoms with Gasteiger partial charge >= 0.3 is 5.97 Å². The number of halogens is 1. The van der Waals surface area contributed by atoms with Gasteiger partial charge in [0.05, 0.1) is 6.61 Å². The number of aromatic amines is 1. The highest BCUT2D eigenvalue weighted by Gasteiger charge is 2.05. The Morgan fingerprint density at radius 2 is 2.15 bits per heavy atom. The molecule has 2 rings (SSSR count). The summed E-state index contributed by atoms with van der Waals surface area (Å²) in [5, 5.41) is 7.50. The van der Waals surface area contributed by atoms with Gasteiger partial charge in [0.15, 0.2) is 5.96 Å². The fourth-order valence-corrected chi connectivity index (χ4v) is 2.67. The monoisotopic (exact) mass is 362 g/mol. The maximum atomic E-state index is 13.2. The smallest absolute Gasteiger partial charge is 0.305 e. The van der Waals surface area contributed by atoms with Crippen molar-refractivity contribution in [1.82, 2.24) is 15.6 Å². The molecule has 0 unspecified atom stereocenters. The molecule has 3 N–H and O–H groups in total. The van der Waals surface area contributed by atoms with E-state index >= 15 is 0 Å². The van der Waals surface area contributed by atoms with Gasteiger partial charge in [-0.2, -0.15) is 0 Å². The number of rotatable bonds is 9. The van der Waals surface area contributed by atoms with E-state index in [1.165, 1.54) is 12.1 Å². The summed E-state index contributed by atoms with van der Waals surface area (Å²) in [5.41, 5.74) is 1.94. The molecule has 0 aliphatic heterocycles. The van der Waals surface area contributed by atoms with Crippen LogP contribution in [0.2, 0.25) is 0 Å². The molecule has 1 aromatic heterocycles. The van der Waals surface area contributed by atoms with E-state index in [1.807, 2.05) is 13.1 Å². The molecule has 0 bridgehead atoms. The summed E-state index contributed by atoms with van der Waals surface area (Å²) in [6, 6.07) is 4.77. The molecule has 0 spiro atoms. The number of esters is 1. The number of nitrogens with zero attached hydrogens (tertiary/aromatic N) is 1. The van der Waals surface area contributed by atoms with Crippen LogP contribution in [0.5, 0.6) is 0 Å². The number of H-pyrrole nitrogens is 1. The molecule has 0 radical (unpaired) electrons. The number of carbonyl (C=O) groups is 1. The number of hydrogen-bond acceptors (Lipinski definition) is 3. The van der Waals surface area contributed by atoms with Gasteiger partial charge in [-0.3, -0.25) is 9.79 Å². The molecule has 0 saturated heterocycles. The Morgan fingerprint density at radius 3 is 2.92 bits per heavy atom. The molecule has 0 atom stereocenters. The Morgan fingerprint density at radius 1 is 1.31 bits per heavy atom. The Labute approximate surface area is 153 Å². The highest BCUT2D eigenvalue weighted by Crippen LogP contribution is 2.19. The molecule has 0 amide bonds. The highest BCUT2D eigenvalue weighted by molar-refractivity contribution is 5.83. The average molecular weight is 362 g/mol. The SMILES string of the molecule is CCNC(=NCCCC(=O)OCC)NCCc1c[nH]c2cc(F)ccc12. The van der Waals surface area contributed by atoms with E-state index < -0.39 is 0 Å². The van der Waals surface area contributed by atoms with Crippen molar-refractivity contribution < 1.29 is 13.9 Å². The number of aromatic nitrogens is 1. The summed E-state index contributed by atoms with van der Waals surface area (Å²) in [5.74, 6) is 0.298. The van der Waals surface area contributed by atoms with E-state index in [0.29, 0.717) is 32.5 Å². The third kappa shape index (κ3) is 6.06. The van der Waals surface area contributed by atoms with Crippen LogP contribution in [0.3, 0.4) is 0 Å². The number of fused-ring (bicyclic) bond motifs is 1. The summed E-state index contributed by atoms with van der Waals surface area (Å²) >= 11 is 0. The van der Waals surface area contributed by atoms with Crippen LogP contribution in [-0.4, -0.2) is 43.2 Å². The predicted octanol–water partition coefficient (Wildman–Crippen LogP) is 2.75. The normalized spacial score (nSPS) is 11.6. The zero-order valence-electron chi connectivity index (χ0n) is 15.4. The van der Waals surface area contributed by atoms with Gasteiger partial charge in [-0.05, 0) is 50.5 Å². The standard InChI is InChI=1S/C19H27FN4O2/c1-3-21-19(22-10-5-6-18(25)26-4-2)23-11-9-14-13-24-17-12-15(20)7-8-16(14)17/h7-8,12-13,24H,3-6,9-11H2,1-2H3,(H2,21,22,23). The first-order chi connectivity index (χ1) is 12.6. The summed E-state index contributed by atoms with van der Waals surface area (Å²) < 4.78 is 18.1. The Kier molecular flexibility index (Phi) is 7.92. The van der Waals surface area contributed by atoms with Gasteiger partial charge in [0.1, 0.15) is 5.82 Å². The second-order valence-corrected chi connectivity index (χ2v) is 5.85. The van der Waals surface area contributed by atoms with Crippen LogP contribution in [0, 0.1) is 5.82 Å². The first-order valence-electron chi connectivity index (χ1n) is 9.07. The number of nitrogens with one attached hydrogen (secondary N) is 3. The van der Waals surface area contributed by atoms with E-state index in [0.717, 1.165) is 35.4 Å². The van der Waals surface area contributed by atoms with Crippen LogP contribution in [-0.2, 0) is 16.0 Å². The van der Waals surface area contributed by atoms with Crippen LogP contribution in [0.25, 0.3) is 10.9 Å². The van der Waals surface area contributed by atoms with Gasteiger partial charge < -0.3 is 20.4 Å². The van der Waals surface area contributed by atoms with Crippen molar-refractivity contribution in [2.45, 2.75) is 33.1 Å². The Balaban J connectivity index is 1.81. The van der Waals surface area contributed by atoms with Crippen molar-refractivity contribution >= 4 is 22.8 Å². The molecule has 142 valence electrons. The lowest BCUT2D eigenvalue weighted by Gasteiger charge is -2.11. The minimum absolute atomic E-state index is 0.184. The topological polar surface area (TPSA) is 78.5 Å². The molecule has 0 fully saturated rings. The van der Waals surface area contributed by atoms with Gasteiger partial charge in [-0.15, -0.1) is 0 Å². The van der Waals surface area contributed by atoms with Crippen molar-refractivity contribution in [3.8, 4) is 0 Å². The van der Waals surface area contributed by atoms with Gasteiger partial charge in [0.2, 0.25) is 0 Å². The molecule has 26 heavy (non-hydrogen) atoms. The van der Waals surface area contributed by atoms with Crippen LogP contribution in [0.1, 0.15) is 32.3 Å². The molecule has 1 aromatic carbocycles. The molecule has 7 heteroatoms. The van der Waals surface area contributed by atoms with Gasteiger partial charge in [-0.25, -0.2) is 4.39 Å². The Bertz CT molecular complexity index is 742. The molecular formula is C19H27FN4O2. The van der Waals surface area contributed by atoms with Gasteiger partial charge in [0.25, 0.3) is 0 Å². The lowest BCUT2D eigenvalue weighted by atomic mass is 10.1. The van der Waals surface area contributed by atoms with Crippen molar-refractivity contribution in [3.63, 3.8) is 0 Å². The molecule has 6 nitrogen and oxygen atoms in total. The highest BCUT2D eigenvalue weighted by atomic mass is 19.1. The quantitative estimate of drug-likeness (QED) is 0.277. The lowest BCUT2D eigenvalue weighted by molar-refractivity contribution is -0.143. The number of guanidine groups is 1. The van der Waals surface area contributed by atoms with Crippen LogP contribution >= 0.6 is 0 Å². The lowest BCUT2D eigenvalue weighted by Crippen LogP contribution is -2.38. The summed E-state index contributed by atoms with van der Waals surface area (Å²) in [7, 11) is 0. The fraction of sp³-hybridized carbons (Fsp3) is 0.474. The predicted molar refractivity (Wildman–Crippen MR) is 102 cm³/mol. The van der Waals surface area contributed by atoms with E-state index in [2.05, 4.69) is 20.6 Å². The van der Waals surface area contributed by atoms with E-state index in [1.54, 1.807) is 13.0 Å². The first-order valence-corrected chi connectivity index (χ1v) is 9.07. The fourth-order valence-electron chi connectivity index (χ4n) is 2.67. The van der Waals surface area contributed by atoms with Crippen LogP contribution in [0.15, 0.2) is 29.4 Å². The third-order valence-electron chi connectivity index (χ3n) is 3.87. The molecule has 0 aliphatic carbocycles. The molecule has 0 saturated carbocycles. The average Bonchev–Trinajstić information content (AvgIpc) is 3.01. The summed E-state index contributed by atoms with van der Waals surface area (Å²) in [6.45, 7) is 6.23. The second kappa shape index (κ2) is 10.4. The van der Waals surface area contributed by atoms with Crippen molar-refractivity contribution in [1.29, 1.82) is 0 Å². The van der Waals surface area contributed by atoms with Crippen molar-refractivity contribution in [2.24, 2.45) is 4.99 Å². The van der Waals surface area contributed by atoms with Gasteiger partial charge in [-0.1, -0.05) is 0 Å². The maximum absolute atomic E-state index is 13.2.